The number of benzene rings is 2. The van der Waals surface area contributed by atoms with Gasteiger partial charge in [0.25, 0.3) is 0 Å². The molecule has 0 radical (unpaired) electrons. The average molecular weight is 443 g/mol. The van der Waals surface area contributed by atoms with E-state index in [1.165, 1.54) is 66.7 Å². The SMILES string of the molecule is COc1ccc(Br)c(CC2CCN(CC3Cc4ccccc4N(C)C3)CC2)c1. The third-order valence-electron chi connectivity index (χ3n) is 6.43. The lowest BCUT2D eigenvalue weighted by Gasteiger charge is -2.38. The number of methoxy groups -OCH3 is 1. The third kappa shape index (κ3) is 4.55. The van der Waals surface area contributed by atoms with Crippen molar-refractivity contribution in [3.05, 3.63) is 58.1 Å². The van der Waals surface area contributed by atoms with Crippen molar-refractivity contribution in [2.75, 3.05) is 45.2 Å². The van der Waals surface area contributed by atoms with Crippen LogP contribution in [-0.4, -0.2) is 45.2 Å². The average Bonchev–Trinajstić information content (AvgIpc) is 2.71. The maximum absolute atomic E-state index is 5.40. The largest absolute Gasteiger partial charge is 0.497 e. The van der Waals surface area contributed by atoms with E-state index in [-0.39, 0.29) is 0 Å². The first-order chi connectivity index (χ1) is 13.6. The minimum Gasteiger partial charge on any atom is -0.497 e. The lowest BCUT2D eigenvalue weighted by atomic mass is 9.88. The van der Waals surface area contributed by atoms with Gasteiger partial charge in [-0.1, -0.05) is 34.1 Å². The van der Waals surface area contributed by atoms with Crippen LogP contribution in [-0.2, 0) is 12.8 Å². The third-order valence-corrected chi connectivity index (χ3v) is 7.20. The molecule has 0 bridgehead atoms. The zero-order valence-corrected chi connectivity index (χ0v) is 18.6. The number of ether oxygens (including phenoxy) is 1. The van der Waals surface area contributed by atoms with Crippen LogP contribution in [0.1, 0.15) is 24.0 Å². The lowest BCUT2D eigenvalue weighted by molar-refractivity contribution is 0.159. The molecule has 28 heavy (non-hydrogen) atoms. The number of anilines is 1. The smallest absolute Gasteiger partial charge is 0.119 e. The summed E-state index contributed by atoms with van der Waals surface area (Å²) < 4.78 is 6.61. The number of likely N-dealkylation sites (tertiary alicyclic amines) is 1. The van der Waals surface area contributed by atoms with Crippen LogP contribution in [0.2, 0.25) is 0 Å². The van der Waals surface area contributed by atoms with Crippen molar-refractivity contribution in [3.63, 3.8) is 0 Å². The molecule has 150 valence electrons. The monoisotopic (exact) mass is 442 g/mol. The van der Waals surface area contributed by atoms with Gasteiger partial charge in [-0.3, -0.25) is 0 Å². The van der Waals surface area contributed by atoms with Crippen LogP contribution in [0.5, 0.6) is 5.75 Å². The predicted molar refractivity (Wildman–Crippen MR) is 120 cm³/mol. The van der Waals surface area contributed by atoms with Crippen LogP contribution in [0.15, 0.2) is 46.9 Å². The highest BCUT2D eigenvalue weighted by Crippen LogP contribution is 2.31. The van der Waals surface area contributed by atoms with E-state index in [0.29, 0.717) is 0 Å². The van der Waals surface area contributed by atoms with Crippen molar-refractivity contribution in [1.82, 2.24) is 4.90 Å². The summed E-state index contributed by atoms with van der Waals surface area (Å²) in [7, 11) is 3.98. The molecule has 0 saturated carbocycles. The van der Waals surface area contributed by atoms with Gasteiger partial charge in [0.15, 0.2) is 0 Å². The van der Waals surface area contributed by atoms with Gasteiger partial charge in [-0.05, 0) is 86.0 Å². The molecule has 2 heterocycles. The Kier molecular flexibility index (Phi) is 6.27. The van der Waals surface area contributed by atoms with Crippen molar-refractivity contribution in [2.24, 2.45) is 11.8 Å². The highest BCUT2D eigenvalue weighted by molar-refractivity contribution is 9.10. The Hall–Kier alpha value is -1.52. The number of piperidine rings is 1. The molecule has 0 aliphatic carbocycles. The second-order valence-corrected chi connectivity index (χ2v) is 9.34. The summed E-state index contributed by atoms with van der Waals surface area (Å²) >= 11 is 3.71. The number of hydrogen-bond donors (Lipinski definition) is 0. The number of nitrogens with zero attached hydrogens (tertiary/aromatic N) is 2. The summed E-state index contributed by atoms with van der Waals surface area (Å²) in [4.78, 5) is 5.14. The fourth-order valence-corrected chi connectivity index (χ4v) is 5.33. The first-order valence-electron chi connectivity index (χ1n) is 10.5. The molecule has 0 N–H and O–H groups in total. The van der Waals surface area contributed by atoms with Crippen LogP contribution < -0.4 is 9.64 Å². The van der Waals surface area contributed by atoms with Crippen LogP contribution in [0.4, 0.5) is 5.69 Å². The van der Waals surface area contributed by atoms with Gasteiger partial charge >= 0.3 is 0 Å². The Morgan fingerprint density at radius 1 is 1.07 bits per heavy atom. The van der Waals surface area contributed by atoms with Crippen LogP contribution in [0.25, 0.3) is 0 Å². The molecule has 2 aliphatic heterocycles. The molecular formula is C24H31BrN2O. The molecule has 0 spiro atoms. The van der Waals surface area contributed by atoms with Crippen LogP contribution in [0.3, 0.4) is 0 Å². The highest BCUT2D eigenvalue weighted by atomic mass is 79.9. The van der Waals surface area contributed by atoms with Crippen molar-refractivity contribution < 1.29 is 4.74 Å². The number of hydrogen-bond acceptors (Lipinski definition) is 3. The van der Waals surface area contributed by atoms with E-state index in [0.717, 1.165) is 24.0 Å². The fraction of sp³-hybridized carbons (Fsp3) is 0.500. The molecule has 1 atom stereocenters. The second-order valence-electron chi connectivity index (χ2n) is 8.48. The van der Waals surface area contributed by atoms with Crippen molar-refractivity contribution >= 4 is 21.6 Å². The molecule has 2 aromatic carbocycles. The van der Waals surface area contributed by atoms with Gasteiger partial charge < -0.3 is 14.5 Å². The predicted octanol–water partition coefficient (Wildman–Crippen LogP) is 5.02. The molecule has 2 aliphatic rings. The molecule has 4 heteroatoms. The summed E-state index contributed by atoms with van der Waals surface area (Å²) in [5.41, 5.74) is 4.31. The second kappa shape index (κ2) is 8.87. The van der Waals surface area contributed by atoms with Gasteiger partial charge in [0.2, 0.25) is 0 Å². The maximum Gasteiger partial charge on any atom is 0.119 e. The van der Waals surface area contributed by atoms with Gasteiger partial charge in [-0.25, -0.2) is 0 Å². The van der Waals surface area contributed by atoms with E-state index in [1.54, 1.807) is 7.11 Å². The van der Waals surface area contributed by atoms with Gasteiger partial charge in [-0.15, -0.1) is 0 Å². The number of fused-ring (bicyclic) bond motifs is 1. The van der Waals surface area contributed by atoms with Gasteiger partial charge in [-0.2, -0.15) is 0 Å². The quantitative estimate of drug-likeness (QED) is 0.646. The van der Waals surface area contributed by atoms with E-state index in [9.17, 15) is 0 Å². The van der Waals surface area contributed by atoms with E-state index in [1.807, 2.05) is 6.07 Å². The molecule has 2 aromatic rings. The summed E-state index contributed by atoms with van der Waals surface area (Å²) in [6.45, 7) is 4.87. The summed E-state index contributed by atoms with van der Waals surface area (Å²) in [6, 6.07) is 15.2. The van der Waals surface area contributed by atoms with Crippen molar-refractivity contribution in [2.45, 2.75) is 25.7 Å². The molecule has 4 rings (SSSR count). The van der Waals surface area contributed by atoms with E-state index >= 15 is 0 Å². The molecule has 1 unspecified atom stereocenters. The Morgan fingerprint density at radius 3 is 2.64 bits per heavy atom. The fourth-order valence-electron chi connectivity index (χ4n) is 4.92. The molecular weight excluding hydrogens is 412 g/mol. The van der Waals surface area contributed by atoms with Crippen molar-refractivity contribution in [1.29, 1.82) is 0 Å². The first kappa shape index (κ1) is 19.8. The summed E-state index contributed by atoms with van der Waals surface area (Å²) in [5.74, 6) is 2.47. The van der Waals surface area contributed by atoms with Gasteiger partial charge in [0.05, 0.1) is 7.11 Å². The molecule has 1 saturated heterocycles. The zero-order valence-electron chi connectivity index (χ0n) is 17.0. The van der Waals surface area contributed by atoms with Gasteiger partial charge in [0, 0.05) is 30.3 Å². The molecule has 0 amide bonds. The van der Waals surface area contributed by atoms with E-state index in [4.69, 9.17) is 4.74 Å². The molecule has 0 aromatic heterocycles. The minimum absolute atomic E-state index is 0.740. The normalized spacial score (nSPS) is 20.8. The minimum atomic E-state index is 0.740. The summed E-state index contributed by atoms with van der Waals surface area (Å²) in [5, 5.41) is 0. The Balaban J connectivity index is 1.29. The first-order valence-corrected chi connectivity index (χ1v) is 11.3. The van der Waals surface area contributed by atoms with E-state index < -0.39 is 0 Å². The zero-order chi connectivity index (χ0) is 19.5. The standard InChI is InChI=1S/C24H31BrN2O/c1-26-16-19(14-20-5-3-4-6-24(20)26)17-27-11-9-18(10-12-27)13-21-15-22(28-2)7-8-23(21)25/h3-8,15,18-19H,9-14,16-17H2,1-2H3. The van der Waals surface area contributed by atoms with E-state index in [2.05, 4.69) is 69.2 Å². The lowest BCUT2D eigenvalue weighted by Crippen LogP contribution is -2.42. The topological polar surface area (TPSA) is 15.7 Å². The number of halogens is 1. The van der Waals surface area contributed by atoms with Gasteiger partial charge in [0.1, 0.15) is 5.75 Å². The molecule has 1 fully saturated rings. The maximum atomic E-state index is 5.40. The number of rotatable bonds is 5. The van der Waals surface area contributed by atoms with Crippen LogP contribution in [0, 0.1) is 11.8 Å². The Morgan fingerprint density at radius 2 is 1.86 bits per heavy atom. The van der Waals surface area contributed by atoms with Crippen LogP contribution >= 0.6 is 15.9 Å². The number of para-hydroxylation sites is 1. The Labute approximate surface area is 177 Å². The molecule has 3 nitrogen and oxygen atoms in total. The summed E-state index contributed by atoms with van der Waals surface area (Å²) in [6.07, 6.45) is 4.95. The Bertz CT molecular complexity index is 801. The van der Waals surface area contributed by atoms with Crippen molar-refractivity contribution in [3.8, 4) is 5.75 Å². The highest BCUT2D eigenvalue weighted by Gasteiger charge is 2.26.